The fraction of sp³-hybridized carbons (Fsp3) is 0.429. The van der Waals surface area contributed by atoms with Crippen molar-refractivity contribution in [2.45, 2.75) is 19.5 Å². The van der Waals surface area contributed by atoms with Crippen LogP contribution in [0, 0.1) is 0 Å². The van der Waals surface area contributed by atoms with Crippen LogP contribution < -0.4 is 5.32 Å². The van der Waals surface area contributed by atoms with Gasteiger partial charge in [-0.15, -0.1) is 0 Å². The van der Waals surface area contributed by atoms with Gasteiger partial charge in [-0.3, -0.25) is 9.48 Å². The Morgan fingerprint density at radius 2 is 2.32 bits per heavy atom. The number of hydrogen-bond acceptors (Lipinski definition) is 3. The molecule has 1 fully saturated rings. The van der Waals surface area contributed by atoms with Crippen LogP contribution in [0.25, 0.3) is 10.9 Å². The van der Waals surface area contributed by atoms with Crippen LogP contribution >= 0.6 is 0 Å². The number of piperazine rings is 1. The highest BCUT2D eigenvalue weighted by molar-refractivity contribution is 5.82. The molecule has 0 aliphatic carbocycles. The Morgan fingerprint density at radius 3 is 3.16 bits per heavy atom. The molecule has 0 unspecified atom stereocenters. The fourth-order valence-electron chi connectivity index (χ4n) is 2.58. The third kappa shape index (κ3) is 2.33. The van der Waals surface area contributed by atoms with E-state index >= 15 is 0 Å². The third-order valence-corrected chi connectivity index (χ3v) is 3.66. The predicted octanol–water partition coefficient (Wildman–Crippen LogP) is 0.857. The fourth-order valence-corrected chi connectivity index (χ4v) is 2.58. The molecule has 1 aromatic carbocycles. The lowest BCUT2D eigenvalue weighted by Gasteiger charge is -2.34. The molecule has 0 spiro atoms. The van der Waals surface area contributed by atoms with E-state index in [0.29, 0.717) is 6.54 Å². The van der Waals surface area contributed by atoms with E-state index in [-0.39, 0.29) is 11.9 Å². The Labute approximate surface area is 112 Å². The van der Waals surface area contributed by atoms with E-state index in [1.165, 1.54) is 0 Å². The summed E-state index contributed by atoms with van der Waals surface area (Å²) in [5.74, 6) is 0.142. The van der Waals surface area contributed by atoms with Crippen LogP contribution in [0.15, 0.2) is 30.5 Å². The van der Waals surface area contributed by atoms with E-state index in [4.69, 9.17) is 0 Å². The quantitative estimate of drug-likeness (QED) is 0.869. The van der Waals surface area contributed by atoms with E-state index < -0.39 is 0 Å². The molecular weight excluding hydrogens is 240 g/mol. The number of carbonyl (C=O) groups is 1. The largest absolute Gasteiger partial charge is 0.336 e. The Kier molecular flexibility index (Phi) is 3.21. The summed E-state index contributed by atoms with van der Waals surface area (Å²) in [6.07, 6.45) is 1.81. The minimum absolute atomic E-state index is 0.142. The monoisotopic (exact) mass is 258 g/mol. The number of amides is 1. The van der Waals surface area contributed by atoms with Gasteiger partial charge in [0, 0.05) is 31.1 Å². The molecule has 2 aromatic rings. The van der Waals surface area contributed by atoms with E-state index in [1.807, 2.05) is 35.4 Å². The molecule has 1 aliphatic rings. The lowest BCUT2D eigenvalue weighted by atomic mass is 10.2. The minimum Gasteiger partial charge on any atom is -0.336 e. The second-order valence-electron chi connectivity index (χ2n) is 5.00. The summed E-state index contributed by atoms with van der Waals surface area (Å²) in [6, 6.07) is 8.21. The van der Waals surface area contributed by atoms with Gasteiger partial charge in [-0.1, -0.05) is 18.2 Å². The van der Waals surface area contributed by atoms with Crippen LogP contribution in [0.1, 0.15) is 6.92 Å². The number of para-hydroxylation sites is 1. The summed E-state index contributed by atoms with van der Waals surface area (Å²) in [7, 11) is 0. The number of nitrogens with one attached hydrogen (secondary N) is 1. The van der Waals surface area contributed by atoms with Crippen molar-refractivity contribution in [3.8, 4) is 0 Å². The molecular formula is C14H18N4O. The van der Waals surface area contributed by atoms with Crippen LogP contribution in [-0.2, 0) is 11.3 Å². The van der Waals surface area contributed by atoms with Gasteiger partial charge in [-0.25, -0.2) is 0 Å². The highest BCUT2D eigenvalue weighted by atomic mass is 16.2. The second kappa shape index (κ2) is 5.01. The van der Waals surface area contributed by atoms with Gasteiger partial charge in [0.1, 0.15) is 6.54 Å². The second-order valence-corrected chi connectivity index (χ2v) is 5.00. The summed E-state index contributed by atoms with van der Waals surface area (Å²) in [5.41, 5.74) is 1.01. The molecule has 0 saturated carbocycles. The summed E-state index contributed by atoms with van der Waals surface area (Å²) in [6.45, 7) is 4.91. The van der Waals surface area contributed by atoms with Gasteiger partial charge in [0.05, 0.1) is 11.7 Å². The smallest absolute Gasteiger partial charge is 0.244 e. The van der Waals surface area contributed by atoms with Crippen molar-refractivity contribution in [2.24, 2.45) is 0 Å². The Hall–Kier alpha value is -1.88. The molecule has 0 bridgehead atoms. The number of fused-ring (bicyclic) bond motifs is 1. The van der Waals surface area contributed by atoms with Crippen molar-refractivity contribution < 1.29 is 4.79 Å². The summed E-state index contributed by atoms with van der Waals surface area (Å²) in [5, 5.41) is 8.67. The van der Waals surface area contributed by atoms with Gasteiger partial charge in [0.25, 0.3) is 0 Å². The molecule has 3 rings (SSSR count). The first-order valence-electron chi connectivity index (χ1n) is 6.66. The third-order valence-electron chi connectivity index (χ3n) is 3.66. The Balaban J connectivity index is 1.79. The van der Waals surface area contributed by atoms with Crippen molar-refractivity contribution in [1.29, 1.82) is 0 Å². The van der Waals surface area contributed by atoms with Crippen molar-refractivity contribution in [1.82, 2.24) is 20.0 Å². The van der Waals surface area contributed by atoms with E-state index in [9.17, 15) is 4.79 Å². The number of nitrogens with zero attached hydrogens (tertiary/aromatic N) is 3. The van der Waals surface area contributed by atoms with Crippen molar-refractivity contribution >= 4 is 16.8 Å². The SMILES string of the molecule is C[C@H]1CNCCN1C(=O)Cn1ncc2ccccc21. The van der Waals surface area contributed by atoms with Gasteiger partial charge < -0.3 is 10.2 Å². The molecule has 19 heavy (non-hydrogen) atoms. The maximum atomic E-state index is 12.4. The Morgan fingerprint density at radius 1 is 1.47 bits per heavy atom. The molecule has 1 N–H and O–H groups in total. The maximum Gasteiger partial charge on any atom is 0.244 e. The number of aromatic nitrogens is 2. The average Bonchev–Trinajstić information content (AvgIpc) is 2.83. The van der Waals surface area contributed by atoms with E-state index in [2.05, 4.69) is 17.3 Å². The average molecular weight is 258 g/mol. The summed E-state index contributed by atoms with van der Waals surface area (Å²) < 4.78 is 1.78. The van der Waals surface area contributed by atoms with Gasteiger partial charge in [-0.05, 0) is 13.0 Å². The molecule has 1 aliphatic heterocycles. The first-order chi connectivity index (χ1) is 9.25. The molecule has 100 valence electrons. The van der Waals surface area contributed by atoms with Gasteiger partial charge in [-0.2, -0.15) is 5.10 Å². The number of rotatable bonds is 2. The topological polar surface area (TPSA) is 50.2 Å². The molecule has 2 heterocycles. The molecule has 1 atom stereocenters. The predicted molar refractivity (Wildman–Crippen MR) is 73.8 cm³/mol. The first kappa shape index (κ1) is 12.2. The van der Waals surface area contributed by atoms with Gasteiger partial charge >= 0.3 is 0 Å². The van der Waals surface area contributed by atoms with Crippen LogP contribution in [0.5, 0.6) is 0 Å². The molecule has 1 aromatic heterocycles. The lowest BCUT2D eigenvalue weighted by Crippen LogP contribution is -2.53. The van der Waals surface area contributed by atoms with Crippen LogP contribution in [0.3, 0.4) is 0 Å². The first-order valence-corrected chi connectivity index (χ1v) is 6.66. The van der Waals surface area contributed by atoms with Crippen molar-refractivity contribution in [3.63, 3.8) is 0 Å². The lowest BCUT2D eigenvalue weighted by molar-refractivity contribution is -0.134. The summed E-state index contributed by atoms with van der Waals surface area (Å²) >= 11 is 0. The normalized spacial score (nSPS) is 19.8. The summed E-state index contributed by atoms with van der Waals surface area (Å²) in [4.78, 5) is 14.3. The van der Waals surface area contributed by atoms with E-state index in [0.717, 1.165) is 30.5 Å². The van der Waals surface area contributed by atoms with Crippen LogP contribution in [-0.4, -0.2) is 46.3 Å². The molecule has 5 heteroatoms. The highest BCUT2D eigenvalue weighted by Gasteiger charge is 2.23. The van der Waals surface area contributed by atoms with Gasteiger partial charge in [0.2, 0.25) is 5.91 Å². The maximum absolute atomic E-state index is 12.4. The number of hydrogen-bond donors (Lipinski definition) is 1. The Bertz CT molecular complexity index is 592. The standard InChI is InChI=1S/C14H18N4O/c1-11-8-15-6-7-17(11)14(19)10-18-13-5-3-2-4-12(13)9-16-18/h2-5,9,11,15H,6-8,10H2,1H3/t11-/m0/s1. The van der Waals surface area contributed by atoms with Crippen molar-refractivity contribution in [2.75, 3.05) is 19.6 Å². The minimum atomic E-state index is 0.142. The number of carbonyl (C=O) groups excluding carboxylic acids is 1. The van der Waals surface area contributed by atoms with Crippen LogP contribution in [0.2, 0.25) is 0 Å². The zero-order valence-electron chi connectivity index (χ0n) is 11.0. The van der Waals surface area contributed by atoms with E-state index in [1.54, 1.807) is 4.68 Å². The molecule has 0 radical (unpaired) electrons. The molecule has 1 amide bonds. The van der Waals surface area contributed by atoms with Crippen molar-refractivity contribution in [3.05, 3.63) is 30.5 Å². The number of benzene rings is 1. The highest BCUT2D eigenvalue weighted by Crippen LogP contribution is 2.13. The molecule has 5 nitrogen and oxygen atoms in total. The van der Waals surface area contributed by atoms with Crippen LogP contribution in [0.4, 0.5) is 0 Å². The zero-order chi connectivity index (χ0) is 13.2. The zero-order valence-corrected chi connectivity index (χ0v) is 11.0. The molecule has 1 saturated heterocycles. The van der Waals surface area contributed by atoms with Gasteiger partial charge in [0.15, 0.2) is 0 Å².